The first-order valence-electron chi connectivity index (χ1n) is 8.61. The largest absolute Gasteiger partial charge is 0.481 e. The van der Waals surface area contributed by atoms with Gasteiger partial charge in [-0.05, 0) is 18.2 Å². The number of pyridine rings is 2. The van der Waals surface area contributed by atoms with Crippen LogP contribution in [0.4, 0.5) is 5.69 Å². The lowest BCUT2D eigenvalue weighted by molar-refractivity contribution is -0.120. The molecule has 1 saturated heterocycles. The van der Waals surface area contributed by atoms with Crippen molar-refractivity contribution >= 4 is 28.4 Å². The summed E-state index contributed by atoms with van der Waals surface area (Å²) >= 11 is 0. The fourth-order valence-corrected chi connectivity index (χ4v) is 3.15. The Morgan fingerprint density at radius 1 is 1.11 bits per heavy atom. The van der Waals surface area contributed by atoms with E-state index in [0.29, 0.717) is 30.4 Å². The minimum absolute atomic E-state index is 0.0119. The van der Waals surface area contributed by atoms with Crippen LogP contribution in [0.15, 0.2) is 54.7 Å². The lowest BCUT2D eigenvalue weighted by Gasteiger charge is -2.34. The van der Waals surface area contributed by atoms with Gasteiger partial charge in [0, 0.05) is 30.7 Å². The summed E-state index contributed by atoms with van der Waals surface area (Å²) < 4.78 is 5.11. The van der Waals surface area contributed by atoms with Gasteiger partial charge in [-0.3, -0.25) is 9.59 Å². The number of piperazine rings is 1. The van der Waals surface area contributed by atoms with Gasteiger partial charge in [-0.15, -0.1) is 0 Å². The number of para-hydroxylation sites is 1. The minimum atomic E-state index is -0.235. The third-order valence-electron chi connectivity index (χ3n) is 4.56. The van der Waals surface area contributed by atoms with E-state index in [0.717, 1.165) is 10.9 Å². The maximum atomic E-state index is 12.8. The van der Waals surface area contributed by atoms with E-state index in [1.807, 2.05) is 30.3 Å². The molecule has 2 amide bonds. The first-order valence-corrected chi connectivity index (χ1v) is 8.61. The van der Waals surface area contributed by atoms with E-state index in [9.17, 15) is 9.59 Å². The molecule has 136 valence electrons. The zero-order valence-electron chi connectivity index (χ0n) is 14.8. The molecule has 1 aliphatic heterocycles. The highest BCUT2D eigenvalue weighted by atomic mass is 16.5. The van der Waals surface area contributed by atoms with Gasteiger partial charge in [-0.1, -0.05) is 24.3 Å². The van der Waals surface area contributed by atoms with Crippen LogP contribution in [0.3, 0.4) is 0 Å². The van der Waals surface area contributed by atoms with Crippen molar-refractivity contribution in [1.29, 1.82) is 0 Å². The molecular formula is C20H18N4O3. The highest BCUT2D eigenvalue weighted by molar-refractivity contribution is 6.01. The Hall–Kier alpha value is -3.48. The molecule has 1 fully saturated rings. The van der Waals surface area contributed by atoms with Crippen LogP contribution in [0.25, 0.3) is 10.9 Å². The van der Waals surface area contributed by atoms with Gasteiger partial charge in [0.1, 0.15) is 12.2 Å². The number of amides is 2. The molecule has 7 nitrogen and oxygen atoms in total. The van der Waals surface area contributed by atoms with Crippen molar-refractivity contribution in [3.63, 3.8) is 0 Å². The number of methoxy groups -OCH3 is 1. The fourth-order valence-electron chi connectivity index (χ4n) is 3.15. The van der Waals surface area contributed by atoms with Gasteiger partial charge >= 0.3 is 0 Å². The molecule has 0 radical (unpaired) electrons. The van der Waals surface area contributed by atoms with Crippen LogP contribution >= 0.6 is 0 Å². The van der Waals surface area contributed by atoms with E-state index < -0.39 is 0 Å². The molecule has 0 unspecified atom stereocenters. The number of ether oxygens (including phenoxy) is 1. The second kappa shape index (κ2) is 7.03. The Morgan fingerprint density at radius 3 is 2.78 bits per heavy atom. The topological polar surface area (TPSA) is 75.6 Å². The maximum Gasteiger partial charge on any atom is 0.273 e. The van der Waals surface area contributed by atoms with Gasteiger partial charge in [0.05, 0.1) is 18.3 Å². The molecule has 1 aromatic carbocycles. The summed E-state index contributed by atoms with van der Waals surface area (Å²) in [6.45, 7) is 0.854. The third-order valence-corrected chi connectivity index (χ3v) is 4.56. The van der Waals surface area contributed by atoms with Crippen LogP contribution in [0, 0.1) is 0 Å². The average Bonchev–Trinajstić information content (AvgIpc) is 2.72. The highest BCUT2D eigenvalue weighted by Crippen LogP contribution is 2.21. The Kier molecular flexibility index (Phi) is 4.42. The molecule has 3 aromatic rings. The van der Waals surface area contributed by atoms with Crippen molar-refractivity contribution in [2.45, 2.75) is 0 Å². The van der Waals surface area contributed by atoms with E-state index in [2.05, 4.69) is 9.97 Å². The Labute approximate surface area is 156 Å². The highest BCUT2D eigenvalue weighted by Gasteiger charge is 2.29. The average molecular weight is 362 g/mol. The summed E-state index contributed by atoms with van der Waals surface area (Å²) in [4.78, 5) is 37.1. The fraction of sp³-hybridized carbons (Fsp3) is 0.200. The number of benzene rings is 1. The Morgan fingerprint density at radius 2 is 1.96 bits per heavy atom. The predicted octanol–water partition coefficient (Wildman–Crippen LogP) is 2.13. The molecule has 0 aliphatic carbocycles. The number of rotatable bonds is 3. The van der Waals surface area contributed by atoms with Crippen LogP contribution in [0.2, 0.25) is 0 Å². The monoisotopic (exact) mass is 362 g/mol. The van der Waals surface area contributed by atoms with Gasteiger partial charge in [-0.2, -0.15) is 0 Å². The molecule has 27 heavy (non-hydrogen) atoms. The Balaban J connectivity index is 1.51. The molecule has 0 N–H and O–H groups in total. The quantitative estimate of drug-likeness (QED) is 0.713. The van der Waals surface area contributed by atoms with Crippen molar-refractivity contribution in [3.05, 3.63) is 60.4 Å². The zero-order chi connectivity index (χ0) is 18.8. The molecule has 7 heteroatoms. The third kappa shape index (κ3) is 3.31. The molecule has 4 rings (SSSR count). The number of anilines is 1. The number of nitrogens with zero attached hydrogens (tertiary/aromatic N) is 4. The van der Waals surface area contributed by atoms with E-state index in [4.69, 9.17) is 4.74 Å². The second-order valence-corrected chi connectivity index (χ2v) is 6.22. The molecule has 0 spiro atoms. The van der Waals surface area contributed by atoms with Gasteiger partial charge in [0.15, 0.2) is 0 Å². The van der Waals surface area contributed by atoms with Crippen LogP contribution in [0.1, 0.15) is 10.5 Å². The lowest BCUT2D eigenvalue weighted by atomic mass is 10.2. The lowest BCUT2D eigenvalue weighted by Crippen LogP contribution is -2.52. The maximum absolute atomic E-state index is 12.8. The van der Waals surface area contributed by atoms with Crippen molar-refractivity contribution in [1.82, 2.24) is 14.9 Å². The number of fused-ring (bicyclic) bond motifs is 1. The molecule has 1 aliphatic rings. The number of aromatic nitrogens is 2. The summed E-state index contributed by atoms with van der Waals surface area (Å²) in [7, 11) is 1.53. The first kappa shape index (κ1) is 17.0. The SMILES string of the molecule is COc1cc(N2CCN(C(=O)c3ccc4ccccc4n3)CC2=O)ccn1. The summed E-state index contributed by atoms with van der Waals surface area (Å²) in [6, 6.07) is 14.7. The van der Waals surface area contributed by atoms with E-state index in [-0.39, 0.29) is 18.4 Å². The van der Waals surface area contributed by atoms with Crippen LogP contribution < -0.4 is 9.64 Å². The standard InChI is InChI=1S/C20H18N4O3/c1-27-18-12-15(8-9-21-18)24-11-10-23(13-19(24)25)20(26)17-7-6-14-4-2-3-5-16(14)22-17/h2-9,12H,10-11,13H2,1H3. The summed E-state index contributed by atoms with van der Waals surface area (Å²) in [5.41, 5.74) is 1.82. The summed E-state index contributed by atoms with van der Waals surface area (Å²) in [6.07, 6.45) is 1.60. The van der Waals surface area contributed by atoms with Gasteiger partial charge in [0.2, 0.25) is 11.8 Å². The van der Waals surface area contributed by atoms with Crippen LogP contribution in [-0.4, -0.2) is 53.4 Å². The van der Waals surface area contributed by atoms with E-state index in [1.54, 1.807) is 29.3 Å². The van der Waals surface area contributed by atoms with Crippen molar-refractivity contribution in [3.8, 4) is 5.88 Å². The number of carbonyl (C=O) groups is 2. The van der Waals surface area contributed by atoms with E-state index >= 15 is 0 Å². The Bertz CT molecular complexity index is 1020. The van der Waals surface area contributed by atoms with E-state index in [1.165, 1.54) is 12.0 Å². The molecule has 0 saturated carbocycles. The smallest absolute Gasteiger partial charge is 0.273 e. The van der Waals surface area contributed by atoms with Crippen LogP contribution in [0.5, 0.6) is 5.88 Å². The normalized spacial score (nSPS) is 14.5. The van der Waals surface area contributed by atoms with Gasteiger partial charge in [-0.25, -0.2) is 9.97 Å². The van der Waals surface area contributed by atoms with Crippen LogP contribution in [-0.2, 0) is 4.79 Å². The summed E-state index contributed by atoms with van der Waals surface area (Å²) in [5, 5.41) is 0.974. The zero-order valence-corrected chi connectivity index (χ0v) is 14.8. The van der Waals surface area contributed by atoms with Crippen molar-refractivity contribution in [2.75, 3.05) is 31.6 Å². The molecule has 2 aromatic heterocycles. The molecular weight excluding hydrogens is 344 g/mol. The molecule has 3 heterocycles. The second-order valence-electron chi connectivity index (χ2n) is 6.22. The summed E-state index contributed by atoms with van der Waals surface area (Å²) in [5.74, 6) is 0.0591. The molecule has 0 atom stereocenters. The number of hydrogen-bond acceptors (Lipinski definition) is 5. The number of hydrogen-bond donors (Lipinski definition) is 0. The van der Waals surface area contributed by atoms with Gasteiger partial charge < -0.3 is 14.5 Å². The predicted molar refractivity (Wildman–Crippen MR) is 101 cm³/mol. The van der Waals surface area contributed by atoms with Gasteiger partial charge in [0.25, 0.3) is 5.91 Å². The molecule has 0 bridgehead atoms. The first-order chi connectivity index (χ1) is 13.2. The van der Waals surface area contributed by atoms with Crippen molar-refractivity contribution in [2.24, 2.45) is 0 Å². The number of carbonyl (C=O) groups excluding carboxylic acids is 2. The minimum Gasteiger partial charge on any atom is -0.481 e. The van der Waals surface area contributed by atoms with Crippen molar-refractivity contribution < 1.29 is 14.3 Å².